The number of rotatable bonds is 7. The lowest BCUT2D eigenvalue weighted by Gasteiger charge is -2.15. The van der Waals surface area contributed by atoms with Crippen molar-refractivity contribution in [2.75, 3.05) is 6.61 Å². The highest BCUT2D eigenvalue weighted by Crippen LogP contribution is 2.26. The van der Waals surface area contributed by atoms with Gasteiger partial charge < -0.3 is 14.6 Å². The summed E-state index contributed by atoms with van der Waals surface area (Å²) in [7, 11) is 1.99. The lowest BCUT2D eigenvalue weighted by molar-refractivity contribution is 0.313. The van der Waals surface area contributed by atoms with Gasteiger partial charge in [0.05, 0.1) is 6.61 Å². The minimum atomic E-state index is 0.404. The SMILES string of the molecule is CC(C)NCc1c(Cl)cccc1OCCc1nccn1C. The zero-order chi connectivity index (χ0) is 15.2. The van der Waals surface area contributed by atoms with Crippen LogP contribution in [0.5, 0.6) is 5.75 Å². The first kappa shape index (κ1) is 15.9. The summed E-state index contributed by atoms with van der Waals surface area (Å²) in [4.78, 5) is 4.29. The average molecular weight is 308 g/mol. The Balaban J connectivity index is 1.98. The third-order valence-corrected chi connectivity index (χ3v) is 3.62. The van der Waals surface area contributed by atoms with Gasteiger partial charge in [-0.3, -0.25) is 0 Å². The fourth-order valence-electron chi connectivity index (χ4n) is 2.04. The van der Waals surface area contributed by atoms with E-state index in [2.05, 4.69) is 24.1 Å². The van der Waals surface area contributed by atoms with Crippen LogP contribution in [0.4, 0.5) is 0 Å². The van der Waals surface area contributed by atoms with Crippen LogP contribution < -0.4 is 10.1 Å². The van der Waals surface area contributed by atoms with Gasteiger partial charge in [0, 0.05) is 49.0 Å². The number of nitrogens with zero attached hydrogens (tertiary/aromatic N) is 2. The van der Waals surface area contributed by atoms with Gasteiger partial charge in [-0.2, -0.15) is 0 Å². The Morgan fingerprint density at radius 3 is 2.86 bits per heavy atom. The van der Waals surface area contributed by atoms with Crippen LogP contribution in [0.1, 0.15) is 25.2 Å². The van der Waals surface area contributed by atoms with Crippen molar-refractivity contribution in [3.8, 4) is 5.75 Å². The quantitative estimate of drug-likeness (QED) is 0.854. The molecule has 0 bridgehead atoms. The number of benzene rings is 1. The van der Waals surface area contributed by atoms with Crippen LogP contribution in [0.15, 0.2) is 30.6 Å². The summed E-state index contributed by atoms with van der Waals surface area (Å²) in [5.74, 6) is 1.85. The predicted octanol–water partition coefficient (Wildman–Crippen LogP) is 3.19. The van der Waals surface area contributed by atoms with Crippen LogP contribution >= 0.6 is 11.6 Å². The number of nitrogens with one attached hydrogen (secondary N) is 1. The van der Waals surface area contributed by atoms with Gasteiger partial charge in [0.2, 0.25) is 0 Å². The van der Waals surface area contributed by atoms with Gasteiger partial charge in [-0.1, -0.05) is 31.5 Å². The van der Waals surface area contributed by atoms with Crippen molar-refractivity contribution in [1.29, 1.82) is 0 Å². The Morgan fingerprint density at radius 2 is 2.19 bits per heavy atom. The molecule has 1 aromatic heterocycles. The molecule has 21 heavy (non-hydrogen) atoms. The van der Waals surface area contributed by atoms with E-state index in [0.29, 0.717) is 19.2 Å². The highest BCUT2D eigenvalue weighted by molar-refractivity contribution is 6.31. The maximum absolute atomic E-state index is 6.28. The highest BCUT2D eigenvalue weighted by Gasteiger charge is 2.09. The molecule has 0 radical (unpaired) electrons. The van der Waals surface area contributed by atoms with Crippen LogP contribution in [0, 0.1) is 0 Å². The molecule has 0 atom stereocenters. The second-order valence-electron chi connectivity index (χ2n) is 5.30. The summed E-state index contributed by atoms with van der Waals surface area (Å²) in [6.07, 6.45) is 4.51. The molecule has 0 amide bonds. The van der Waals surface area contributed by atoms with Gasteiger partial charge in [0.25, 0.3) is 0 Å². The van der Waals surface area contributed by atoms with Crippen molar-refractivity contribution in [2.24, 2.45) is 7.05 Å². The lowest BCUT2D eigenvalue weighted by atomic mass is 10.2. The number of aromatic nitrogens is 2. The largest absolute Gasteiger partial charge is 0.493 e. The van der Waals surface area contributed by atoms with E-state index < -0.39 is 0 Å². The second kappa shape index (κ2) is 7.48. The molecule has 1 N–H and O–H groups in total. The maximum atomic E-state index is 6.28. The molecule has 0 saturated heterocycles. The smallest absolute Gasteiger partial charge is 0.125 e. The Labute approximate surface area is 131 Å². The first-order chi connectivity index (χ1) is 10.1. The number of halogens is 1. The van der Waals surface area contributed by atoms with Crippen LogP contribution in [-0.2, 0) is 20.0 Å². The predicted molar refractivity (Wildman–Crippen MR) is 85.8 cm³/mol. The zero-order valence-electron chi connectivity index (χ0n) is 12.8. The molecule has 0 saturated carbocycles. The molecule has 1 aromatic carbocycles. The summed E-state index contributed by atoms with van der Waals surface area (Å²) < 4.78 is 7.90. The normalized spacial score (nSPS) is 11.1. The second-order valence-corrected chi connectivity index (χ2v) is 5.71. The molecule has 0 aliphatic carbocycles. The third kappa shape index (κ3) is 4.48. The van der Waals surface area contributed by atoms with E-state index in [-0.39, 0.29) is 0 Å². The third-order valence-electron chi connectivity index (χ3n) is 3.27. The first-order valence-corrected chi connectivity index (χ1v) is 7.55. The molecule has 2 rings (SSSR count). The van der Waals surface area contributed by atoms with Crippen LogP contribution in [-0.4, -0.2) is 22.2 Å². The fraction of sp³-hybridized carbons (Fsp3) is 0.438. The van der Waals surface area contributed by atoms with Crippen LogP contribution in [0.2, 0.25) is 5.02 Å². The number of aryl methyl sites for hydroxylation is 1. The van der Waals surface area contributed by atoms with Crippen molar-refractivity contribution in [3.05, 3.63) is 47.0 Å². The molecule has 5 heteroatoms. The van der Waals surface area contributed by atoms with Crippen molar-refractivity contribution < 1.29 is 4.74 Å². The molecule has 1 heterocycles. The van der Waals surface area contributed by atoms with Crippen molar-refractivity contribution in [3.63, 3.8) is 0 Å². The number of hydrogen-bond acceptors (Lipinski definition) is 3. The number of hydrogen-bond donors (Lipinski definition) is 1. The fourth-order valence-corrected chi connectivity index (χ4v) is 2.27. The molecule has 2 aromatic rings. The van der Waals surface area contributed by atoms with E-state index in [0.717, 1.165) is 28.6 Å². The summed E-state index contributed by atoms with van der Waals surface area (Å²) in [5.41, 5.74) is 1.01. The minimum Gasteiger partial charge on any atom is -0.493 e. The first-order valence-electron chi connectivity index (χ1n) is 7.17. The zero-order valence-corrected chi connectivity index (χ0v) is 13.5. The Morgan fingerprint density at radius 1 is 1.38 bits per heavy atom. The number of imidazole rings is 1. The molecule has 0 aliphatic rings. The lowest BCUT2D eigenvalue weighted by Crippen LogP contribution is -2.22. The van der Waals surface area contributed by atoms with Gasteiger partial charge >= 0.3 is 0 Å². The van der Waals surface area contributed by atoms with Crippen molar-refractivity contribution in [2.45, 2.75) is 32.9 Å². The van der Waals surface area contributed by atoms with E-state index in [1.807, 2.05) is 36.0 Å². The Hall–Kier alpha value is -1.52. The Kier molecular flexibility index (Phi) is 5.65. The molecular weight excluding hydrogens is 286 g/mol. The Bertz CT molecular complexity index is 581. The van der Waals surface area contributed by atoms with Crippen molar-refractivity contribution in [1.82, 2.24) is 14.9 Å². The molecule has 0 spiro atoms. The molecule has 4 nitrogen and oxygen atoms in total. The van der Waals surface area contributed by atoms with Crippen LogP contribution in [0.25, 0.3) is 0 Å². The highest BCUT2D eigenvalue weighted by atomic mass is 35.5. The molecular formula is C16H22ClN3O. The topological polar surface area (TPSA) is 39.1 Å². The standard InChI is InChI=1S/C16H22ClN3O/c1-12(2)19-11-13-14(17)5-4-6-15(13)21-10-7-16-18-8-9-20(16)3/h4-6,8-9,12,19H,7,10-11H2,1-3H3. The van der Waals surface area contributed by atoms with Crippen molar-refractivity contribution >= 4 is 11.6 Å². The molecule has 0 unspecified atom stereocenters. The van der Waals surface area contributed by atoms with Gasteiger partial charge in [0.1, 0.15) is 11.6 Å². The summed E-state index contributed by atoms with van der Waals surface area (Å²) in [5, 5.41) is 4.11. The maximum Gasteiger partial charge on any atom is 0.125 e. The van der Waals surface area contributed by atoms with E-state index in [4.69, 9.17) is 16.3 Å². The van der Waals surface area contributed by atoms with E-state index >= 15 is 0 Å². The van der Waals surface area contributed by atoms with E-state index in [1.54, 1.807) is 6.20 Å². The minimum absolute atomic E-state index is 0.404. The van der Waals surface area contributed by atoms with Crippen LogP contribution in [0.3, 0.4) is 0 Å². The monoisotopic (exact) mass is 307 g/mol. The molecule has 0 aliphatic heterocycles. The molecule has 0 fully saturated rings. The van der Waals surface area contributed by atoms with Gasteiger partial charge in [-0.15, -0.1) is 0 Å². The number of ether oxygens (including phenoxy) is 1. The van der Waals surface area contributed by atoms with Gasteiger partial charge in [-0.05, 0) is 12.1 Å². The molecule has 114 valence electrons. The van der Waals surface area contributed by atoms with Gasteiger partial charge in [0.15, 0.2) is 0 Å². The van der Waals surface area contributed by atoms with E-state index in [9.17, 15) is 0 Å². The summed E-state index contributed by atoms with van der Waals surface area (Å²) in [6, 6.07) is 6.17. The van der Waals surface area contributed by atoms with Gasteiger partial charge in [-0.25, -0.2) is 4.98 Å². The summed E-state index contributed by atoms with van der Waals surface area (Å²) in [6.45, 7) is 5.51. The van der Waals surface area contributed by atoms with E-state index in [1.165, 1.54) is 0 Å². The average Bonchev–Trinajstić information content (AvgIpc) is 2.83. The summed E-state index contributed by atoms with van der Waals surface area (Å²) >= 11 is 6.28.